The highest BCUT2D eigenvalue weighted by Crippen LogP contribution is 2.30. The molecule has 314 valence electrons. The van der Waals surface area contributed by atoms with Gasteiger partial charge in [0.2, 0.25) is 29.4 Å². The molecule has 1 saturated heterocycles. The van der Waals surface area contributed by atoms with Gasteiger partial charge in [-0.15, -0.1) is 0 Å². The number of nitrogens with two attached hydrogens (primary N) is 1. The molecule has 8 N–H and O–H groups in total. The van der Waals surface area contributed by atoms with Gasteiger partial charge in [-0.1, -0.05) is 46.5 Å². The summed E-state index contributed by atoms with van der Waals surface area (Å²) in [6.07, 6.45) is 2.11. The Morgan fingerprint density at radius 1 is 0.930 bits per heavy atom. The molecule has 1 heterocycles. The van der Waals surface area contributed by atoms with Crippen LogP contribution in [-0.4, -0.2) is 113 Å². The summed E-state index contributed by atoms with van der Waals surface area (Å²) < 4.78 is 34.8. The third-order valence-corrected chi connectivity index (χ3v) is 9.62. The van der Waals surface area contributed by atoms with Gasteiger partial charge in [0.15, 0.2) is 0 Å². The summed E-state index contributed by atoms with van der Waals surface area (Å²) in [5, 5.41) is 21.5. The monoisotopic (exact) mass is 807 g/mol. The van der Waals surface area contributed by atoms with Crippen LogP contribution in [0.25, 0.3) is 0 Å². The number of aromatic carboxylic acids is 1. The smallest absolute Gasteiger partial charge is 0.407 e. The van der Waals surface area contributed by atoms with Crippen LogP contribution in [-0.2, 0) is 33.5 Å². The molecule has 2 fully saturated rings. The Kier molecular flexibility index (Phi) is 16.8. The molecule has 1 aromatic carbocycles. The molecule has 0 bridgehead atoms. The van der Waals surface area contributed by atoms with Crippen LogP contribution in [0, 0.1) is 23.5 Å². The van der Waals surface area contributed by atoms with Crippen molar-refractivity contribution in [1.82, 2.24) is 31.5 Å². The number of ether oxygens (including phenoxy) is 1. The van der Waals surface area contributed by atoms with Crippen molar-refractivity contribution in [3.05, 3.63) is 34.9 Å². The number of amides is 7. The Morgan fingerprint density at radius 2 is 1.56 bits per heavy atom. The largest absolute Gasteiger partial charge is 0.478 e. The van der Waals surface area contributed by atoms with Crippen molar-refractivity contribution >= 4 is 53.3 Å². The highest BCUT2D eigenvalue weighted by atomic mass is 19.1. The summed E-state index contributed by atoms with van der Waals surface area (Å²) >= 11 is 0. The second-order valence-corrected chi connectivity index (χ2v) is 14.6. The molecule has 1 saturated carbocycles. The quantitative estimate of drug-likeness (QED) is 0.101. The number of hydrogen-bond acceptors (Lipinski definition) is 10. The number of carbonyl (C=O) groups excluding carboxylic acids is 8. The molecule has 1 aliphatic heterocycles. The molecule has 5 atom stereocenters. The average Bonchev–Trinajstić information content (AvgIpc) is 3.58. The summed E-state index contributed by atoms with van der Waals surface area (Å²) in [6, 6.07) is -5.13. The lowest BCUT2D eigenvalue weighted by atomic mass is 9.83. The van der Waals surface area contributed by atoms with Crippen molar-refractivity contribution in [3.8, 4) is 0 Å². The molecule has 3 rings (SSSR count). The molecule has 1 aromatic rings. The maximum atomic E-state index is 15.0. The predicted octanol–water partition coefficient (Wildman–Crippen LogP) is 0.654. The zero-order chi connectivity index (χ0) is 42.6. The minimum atomic E-state index is -1.92. The van der Waals surface area contributed by atoms with Crippen molar-refractivity contribution < 1.29 is 61.8 Å². The first kappa shape index (κ1) is 45.7. The molecule has 0 spiro atoms. The number of carbonyl (C=O) groups is 9. The van der Waals surface area contributed by atoms with E-state index in [4.69, 9.17) is 10.5 Å². The number of rotatable bonds is 18. The number of hydrogen-bond donors (Lipinski definition) is 7. The number of likely N-dealkylation sites (tertiary alicyclic amines) is 1. The SMILES string of the molecule is CCCC(NC(=O)[C@@H]1C[C@@H](NC(=O)OCC(C)C)CN1C(=O)[C@@H](NC(=O)c1c(F)ccc(F)c1C(=O)O)C1CCCCC1)C(=O)C(=O)NCC(=O)N[C@@H](C)C(N)=O. The van der Waals surface area contributed by atoms with Gasteiger partial charge in [0.1, 0.15) is 35.3 Å². The van der Waals surface area contributed by atoms with E-state index in [2.05, 4.69) is 26.6 Å². The van der Waals surface area contributed by atoms with Gasteiger partial charge >= 0.3 is 12.1 Å². The Hall–Kier alpha value is -5.69. The lowest BCUT2D eigenvalue weighted by Crippen LogP contribution is -2.58. The van der Waals surface area contributed by atoms with E-state index in [-0.39, 0.29) is 31.9 Å². The fourth-order valence-electron chi connectivity index (χ4n) is 6.70. The molecule has 0 radical (unpaired) electrons. The Balaban J connectivity index is 1.93. The van der Waals surface area contributed by atoms with Gasteiger partial charge in [-0.25, -0.2) is 18.4 Å². The van der Waals surface area contributed by atoms with Crippen LogP contribution in [0.5, 0.6) is 0 Å². The number of nitrogens with zero attached hydrogens (tertiary/aromatic N) is 1. The number of carboxylic acids is 1. The number of Topliss-reactive ketones (excluding diaryl/α,β-unsaturated/α-hetero) is 1. The van der Waals surface area contributed by atoms with E-state index in [0.29, 0.717) is 44.2 Å². The van der Waals surface area contributed by atoms with E-state index in [1.54, 1.807) is 6.92 Å². The molecule has 7 amide bonds. The molecule has 57 heavy (non-hydrogen) atoms. The molecule has 0 aromatic heterocycles. The van der Waals surface area contributed by atoms with Crippen LogP contribution in [0.1, 0.15) is 99.8 Å². The van der Waals surface area contributed by atoms with Gasteiger partial charge in [0.05, 0.1) is 30.8 Å². The third-order valence-electron chi connectivity index (χ3n) is 9.62. The summed E-state index contributed by atoms with van der Waals surface area (Å²) in [5.74, 6) is -12.4. The van der Waals surface area contributed by atoms with Crippen molar-refractivity contribution in [2.24, 2.45) is 17.6 Å². The summed E-state index contributed by atoms with van der Waals surface area (Å²) in [5.41, 5.74) is 2.76. The van der Waals surface area contributed by atoms with Crippen LogP contribution in [0.4, 0.5) is 13.6 Å². The maximum Gasteiger partial charge on any atom is 0.407 e. The third kappa shape index (κ3) is 12.7. The normalized spacial score (nSPS) is 18.4. The number of halogens is 2. The fraction of sp³-hybridized carbons (Fsp3) is 0.595. The second-order valence-electron chi connectivity index (χ2n) is 14.6. The van der Waals surface area contributed by atoms with Gasteiger partial charge in [-0.05, 0) is 56.6 Å². The molecule has 2 aliphatic rings. The van der Waals surface area contributed by atoms with E-state index in [1.807, 2.05) is 13.8 Å². The number of nitrogens with one attached hydrogen (secondary N) is 5. The van der Waals surface area contributed by atoms with Gasteiger partial charge in [-0.3, -0.25) is 33.6 Å². The lowest BCUT2D eigenvalue weighted by molar-refractivity contribution is -0.143. The molecular formula is C37H51F2N7O11. The second kappa shape index (κ2) is 21.0. The van der Waals surface area contributed by atoms with Crippen molar-refractivity contribution in [1.29, 1.82) is 0 Å². The van der Waals surface area contributed by atoms with Crippen molar-refractivity contribution in [2.75, 3.05) is 19.7 Å². The fourth-order valence-corrected chi connectivity index (χ4v) is 6.70. The van der Waals surface area contributed by atoms with Gasteiger partial charge < -0.3 is 47.1 Å². The maximum absolute atomic E-state index is 15.0. The Bertz CT molecular complexity index is 1720. The van der Waals surface area contributed by atoms with E-state index in [9.17, 15) is 57.0 Å². The lowest BCUT2D eigenvalue weighted by Gasteiger charge is -2.35. The minimum absolute atomic E-state index is 0.0151. The van der Waals surface area contributed by atoms with Crippen LogP contribution in [0.15, 0.2) is 12.1 Å². The highest BCUT2D eigenvalue weighted by molar-refractivity contribution is 6.38. The summed E-state index contributed by atoms with van der Waals surface area (Å²) in [4.78, 5) is 117. The first-order valence-electron chi connectivity index (χ1n) is 18.8. The zero-order valence-corrected chi connectivity index (χ0v) is 32.3. The molecule has 1 unspecified atom stereocenters. The average molecular weight is 808 g/mol. The van der Waals surface area contributed by atoms with E-state index in [0.717, 1.165) is 11.3 Å². The number of ketones is 1. The first-order valence-corrected chi connectivity index (χ1v) is 18.8. The Morgan fingerprint density at radius 3 is 2.14 bits per heavy atom. The van der Waals surface area contributed by atoms with E-state index in [1.165, 1.54) is 6.92 Å². The highest BCUT2D eigenvalue weighted by Gasteiger charge is 2.46. The van der Waals surface area contributed by atoms with Gasteiger partial charge in [0.25, 0.3) is 11.8 Å². The number of benzene rings is 1. The van der Waals surface area contributed by atoms with Crippen LogP contribution in [0.3, 0.4) is 0 Å². The molecule has 1 aliphatic carbocycles. The zero-order valence-electron chi connectivity index (χ0n) is 32.3. The Labute approximate surface area is 327 Å². The molecule has 18 nitrogen and oxygen atoms in total. The van der Waals surface area contributed by atoms with Crippen LogP contribution in [0.2, 0.25) is 0 Å². The van der Waals surface area contributed by atoms with Crippen LogP contribution >= 0.6 is 0 Å². The number of carboxylic acid groups (broad SMARTS) is 1. The first-order chi connectivity index (χ1) is 26.9. The standard InChI is InChI=1S/C37H51F2N7O11/c1-5-9-24(30(48)34(52)41-15-26(47)42-19(4)31(40)49)44-32(50)25-14-21(43-37(56)57-17-18(2)3)16-46(25)35(53)29(20-10-7-6-8-11-20)45-33(51)27-22(38)12-13-23(39)28(27)36(54)55/h12-13,18-21,24-25,29H,5-11,14-17H2,1-4H3,(H2,40,49)(H,41,52)(H,42,47)(H,43,56)(H,44,50)(H,45,51)(H,54,55)/t19-,21+,24?,25-,29-/m0/s1. The minimum Gasteiger partial charge on any atom is -0.478 e. The van der Waals surface area contributed by atoms with Crippen molar-refractivity contribution in [2.45, 2.75) is 109 Å². The summed E-state index contributed by atoms with van der Waals surface area (Å²) in [7, 11) is 0. The number of alkyl carbamates (subject to hydrolysis) is 1. The van der Waals surface area contributed by atoms with E-state index >= 15 is 0 Å². The number of primary amides is 1. The van der Waals surface area contributed by atoms with E-state index < -0.39 is 119 Å². The molecule has 20 heteroatoms. The summed E-state index contributed by atoms with van der Waals surface area (Å²) in [6.45, 7) is 5.68. The van der Waals surface area contributed by atoms with Crippen LogP contribution < -0.4 is 32.3 Å². The molecular weight excluding hydrogens is 756 g/mol. The van der Waals surface area contributed by atoms with Crippen molar-refractivity contribution in [3.63, 3.8) is 0 Å². The van der Waals surface area contributed by atoms with Gasteiger partial charge in [-0.2, -0.15) is 0 Å². The predicted molar refractivity (Wildman–Crippen MR) is 196 cm³/mol. The topological polar surface area (TPSA) is 272 Å². The van der Waals surface area contributed by atoms with Gasteiger partial charge in [0, 0.05) is 6.54 Å².